The Hall–Kier alpha value is -3.06. The van der Waals surface area contributed by atoms with Crippen LogP contribution in [0.15, 0.2) is 42.5 Å². The van der Waals surface area contributed by atoms with Gasteiger partial charge in [-0.2, -0.15) is 0 Å². The molecule has 3 rings (SSSR count). The number of rotatable bonds is 8. The highest BCUT2D eigenvalue weighted by molar-refractivity contribution is 6.30. The molecule has 2 aromatic carbocycles. The van der Waals surface area contributed by atoms with Crippen LogP contribution in [0.4, 0.5) is 0 Å². The molecule has 0 unspecified atom stereocenters. The van der Waals surface area contributed by atoms with E-state index < -0.39 is 5.97 Å². The molecular weight excluding hydrogens is 432 g/mol. The van der Waals surface area contributed by atoms with E-state index >= 15 is 0 Å². The highest BCUT2D eigenvalue weighted by Crippen LogP contribution is 2.29. The number of amides is 2. The van der Waals surface area contributed by atoms with Gasteiger partial charge in [0.15, 0.2) is 0 Å². The molecule has 0 saturated heterocycles. The molecule has 1 fully saturated rings. The van der Waals surface area contributed by atoms with E-state index in [2.05, 4.69) is 10.6 Å². The SMILES string of the molecule is Cc1cc(C(=O)NCCNC(=O)c2ccc(Cl)cc2)ccc1OC1CCC(C(=O)O)CC1. The van der Waals surface area contributed by atoms with Crippen LogP contribution < -0.4 is 15.4 Å². The number of carboxylic acids is 1. The zero-order valence-electron chi connectivity index (χ0n) is 17.9. The van der Waals surface area contributed by atoms with E-state index in [1.165, 1.54) is 0 Å². The maximum Gasteiger partial charge on any atom is 0.306 e. The minimum absolute atomic E-state index is 0.00627. The van der Waals surface area contributed by atoms with Crippen LogP contribution in [0.5, 0.6) is 5.75 Å². The number of nitrogens with one attached hydrogen (secondary N) is 2. The summed E-state index contributed by atoms with van der Waals surface area (Å²) in [6.07, 6.45) is 2.65. The van der Waals surface area contributed by atoms with Crippen LogP contribution in [0.3, 0.4) is 0 Å². The second-order valence-electron chi connectivity index (χ2n) is 7.93. The summed E-state index contributed by atoms with van der Waals surface area (Å²) < 4.78 is 6.04. The molecular formula is C24H27ClN2O5. The average molecular weight is 459 g/mol. The molecule has 0 spiro atoms. The number of aliphatic carboxylic acids is 1. The number of halogens is 1. The first kappa shape index (κ1) is 23.6. The third-order valence-electron chi connectivity index (χ3n) is 5.56. The summed E-state index contributed by atoms with van der Waals surface area (Å²) in [7, 11) is 0. The van der Waals surface area contributed by atoms with Gasteiger partial charge in [-0.3, -0.25) is 14.4 Å². The summed E-state index contributed by atoms with van der Waals surface area (Å²) in [6.45, 7) is 2.47. The number of carboxylic acid groups (broad SMARTS) is 1. The van der Waals surface area contributed by atoms with Gasteiger partial charge in [0, 0.05) is 29.2 Å². The van der Waals surface area contributed by atoms with Crippen LogP contribution in [0.25, 0.3) is 0 Å². The van der Waals surface area contributed by atoms with Gasteiger partial charge in [0.25, 0.3) is 11.8 Å². The lowest BCUT2D eigenvalue weighted by Gasteiger charge is -2.27. The Morgan fingerprint density at radius 1 is 0.938 bits per heavy atom. The van der Waals surface area contributed by atoms with Crippen molar-refractivity contribution < 1.29 is 24.2 Å². The summed E-state index contributed by atoms with van der Waals surface area (Å²) >= 11 is 5.81. The quantitative estimate of drug-likeness (QED) is 0.521. The maximum atomic E-state index is 12.4. The van der Waals surface area contributed by atoms with E-state index in [1.807, 2.05) is 6.92 Å². The first-order valence-electron chi connectivity index (χ1n) is 10.7. The molecule has 1 saturated carbocycles. The molecule has 2 amide bonds. The van der Waals surface area contributed by atoms with Crippen molar-refractivity contribution >= 4 is 29.4 Å². The van der Waals surface area contributed by atoms with Gasteiger partial charge < -0.3 is 20.5 Å². The van der Waals surface area contributed by atoms with Crippen molar-refractivity contribution in [3.8, 4) is 5.75 Å². The maximum absolute atomic E-state index is 12.4. The van der Waals surface area contributed by atoms with E-state index in [0.717, 1.165) is 5.56 Å². The highest BCUT2D eigenvalue weighted by atomic mass is 35.5. The van der Waals surface area contributed by atoms with Crippen molar-refractivity contribution in [3.05, 3.63) is 64.2 Å². The van der Waals surface area contributed by atoms with E-state index in [0.29, 0.717) is 60.7 Å². The Labute approximate surface area is 192 Å². The van der Waals surface area contributed by atoms with E-state index in [4.69, 9.17) is 21.4 Å². The third kappa shape index (κ3) is 6.47. The lowest BCUT2D eigenvalue weighted by Crippen LogP contribution is -2.34. The van der Waals surface area contributed by atoms with Crippen molar-refractivity contribution in [3.63, 3.8) is 0 Å². The predicted octanol–water partition coefficient (Wildman–Crippen LogP) is 3.83. The minimum Gasteiger partial charge on any atom is -0.490 e. The molecule has 32 heavy (non-hydrogen) atoms. The molecule has 0 heterocycles. The Morgan fingerprint density at radius 3 is 2.06 bits per heavy atom. The topological polar surface area (TPSA) is 105 Å². The number of carbonyl (C=O) groups excluding carboxylic acids is 2. The van der Waals surface area contributed by atoms with Crippen molar-refractivity contribution in [2.45, 2.75) is 38.7 Å². The van der Waals surface area contributed by atoms with Crippen molar-refractivity contribution in [1.29, 1.82) is 0 Å². The highest BCUT2D eigenvalue weighted by Gasteiger charge is 2.27. The van der Waals surface area contributed by atoms with Crippen molar-refractivity contribution in [1.82, 2.24) is 10.6 Å². The standard InChI is InChI=1S/C24H27ClN2O5/c1-15-14-18(6-11-21(15)32-20-9-4-17(5-10-20)24(30)31)23(29)27-13-12-26-22(28)16-2-7-19(25)8-3-16/h2-3,6-8,11,14,17,20H,4-5,9-10,12-13H2,1H3,(H,26,28)(H,27,29)(H,30,31). The molecule has 0 radical (unpaired) electrons. The van der Waals surface area contributed by atoms with Gasteiger partial charge in [-0.25, -0.2) is 0 Å². The van der Waals surface area contributed by atoms with Crippen LogP contribution in [0.1, 0.15) is 52.0 Å². The largest absolute Gasteiger partial charge is 0.490 e. The van der Waals surface area contributed by atoms with Gasteiger partial charge >= 0.3 is 5.97 Å². The molecule has 2 aromatic rings. The lowest BCUT2D eigenvalue weighted by atomic mass is 9.87. The van der Waals surface area contributed by atoms with Crippen LogP contribution in [-0.2, 0) is 4.79 Å². The van der Waals surface area contributed by atoms with E-state index in [9.17, 15) is 14.4 Å². The van der Waals surface area contributed by atoms with Gasteiger partial charge in [-0.05, 0) is 80.6 Å². The molecule has 1 aliphatic rings. The van der Waals surface area contributed by atoms with Crippen molar-refractivity contribution in [2.24, 2.45) is 5.92 Å². The van der Waals surface area contributed by atoms with E-state index in [-0.39, 0.29) is 23.8 Å². The molecule has 1 aliphatic carbocycles. The van der Waals surface area contributed by atoms with E-state index in [1.54, 1.807) is 42.5 Å². The zero-order chi connectivity index (χ0) is 23.1. The molecule has 170 valence electrons. The Kier molecular flexibility index (Phi) is 8.11. The van der Waals surface area contributed by atoms with Gasteiger partial charge in [0.05, 0.1) is 12.0 Å². The predicted molar refractivity (Wildman–Crippen MR) is 121 cm³/mol. The summed E-state index contributed by atoms with van der Waals surface area (Å²) in [5, 5.41) is 15.2. The number of hydrogen-bond donors (Lipinski definition) is 3. The normalized spacial score (nSPS) is 17.9. The van der Waals surface area contributed by atoms with Gasteiger partial charge in [0.2, 0.25) is 0 Å². The molecule has 8 heteroatoms. The zero-order valence-corrected chi connectivity index (χ0v) is 18.7. The van der Waals surface area contributed by atoms with Crippen LogP contribution in [0.2, 0.25) is 5.02 Å². The Morgan fingerprint density at radius 2 is 1.50 bits per heavy atom. The van der Waals surface area contributed by atoms with Crippen LogP contribution >= 0.6 is 11.6 Å². The summed E-state index contributed by atoms with van der Waals surface area (Å²) in [4.78, 5) is 35.5. The molecule has 0 aliphatic heterocycles. The smallest absolute Gasteiger partial charge is 0.306 e. The second-order valence-corrected chi connectivity index (χ2v) is 8.37. The first-order chi connectivity index (χ1) is 15.3. The Balaban J connectivity index is 1.44. The number of benzene rings is 2. The number of hydrogen-bond acceptors (Lipinski definition) is 4. The number of aryl methyl sites for hydroxylation is 1. The molecule has 7 nitrogen and oxygen atoms in total. The fraction of sp³-hybridized carbons (Fsp3) is 0.375. The summed E-state index contributed by atoms with van der Waals surface area (Å²) in [5.74, 6) is -0.777. The monoisotopic (exact) mass is 458 g/mol. The lowest BCUT2D eigenvalue weighted by molar-refractivity contribution is -0.143. The molecule has 0 aromatic heterocycles. The minimum atomic E-state index is -0.737. The summed E-state index contributed by atoms with van der Waals surface area (Å²) in [6, 6.07) is 11.8. The molecule has 3 N–H and O–H groups in total. The number of ether oxygens (including phenoxy) is 1. The van der Waals surface area contributed by atoms with Crippen LogP contribution in [-0.4, -0.2) is 42.1 Å². The van der Waals surface area contributed by atoms with Gasteiger partial charge in [-0.1, -0.05) is 11.6 Å². The molecule has 0 atom stereocenters. The Bertz CT molecular complexity index is 969. The fourth-order valence-corrected chi connectivity index (χ4v) is 3.81. The first-order valence-corrected chi connectivity index (χ1v) is 11.0. The van der Waals surface area contributed by atoms with Gasteiger partial charge in [-0.15, -0.1) is 0 Å². The second kappa shape index (κ2) is 11.0. The molecule has 0 bridgehead atoms. The summed E-state index contributed by atoms with van der Waals surface area (Å²) in [5.41, 5.74) is 1.85. The van der Waals surface area contributed by atoms with Crippen LogP contribution in [0, 0.1) is 12.8 Å². The fourth-order valence-electron chi connectivity index (χ4n) is 3.69. The third-order valence-corrected chi connectivity index (χ3v) is 5.81. The van der Waals surface area contributed by atoms with Gasteiger partial charge in [0.1, 0.15) is 5.75 Å². The average Bonchev–Trinajstić information content (AvgIpc) is 2.78. The number of carbonyl (C=O) groups is 3. The van der Waals surface area contributed by atoms with Crippen molar-refractivity contribution in [2.75, 3.05) is 13.1 Å².